The van der Waals surface area contributed by atoms with Gasteiger partial charge in [0, 0.05) is 16.8 Å². The third-order valence-corrected chi connectivity index (χ3v) is 7.12. The van der Waals surface area contributed by atoms with Crippen LogP contribution in [0.4, 0.5) is 0 Å². The van der Waals surface area contributed by atoms with Crippen molar-refractivity contribution >= 4 is 49.0 Å². The average Bonchev–Trinajstić information content (AvgIpc) is 3.02. The van der Waals surface area contributed by atoms with Gasteiger partial charge < -0.3 is 4.40 Å². The minimum Gasteiger partial charge on any atom is -0.307 e. The largest absolute Gasteiger partial charge is 0.307 e. The topological polar surface area (TPSA) is 8.29 Å². The van der Waals surface area contributed by atoms with Crippen LogP contribution in [0.2, 0.25) is 0 Å². The first-order valence-electron chi connectivity index (χ1n) is 11.4. The fourth-order valence-electron chi connectivity index (χ4n) is 5.66. The maximum Gasteiger partial charge on any atom is 0.224 e. The molecule has 0 radical (unpaired) electrons. The molecule has 2 nitrogen and oxygen atoms in total. The van der Waals surface area contributed by atoms with Crippen LogP contribution in [-0.4, -0.2) is 4.40 Å². The number of rotatable bonds is 2. The van der Waals surface area contributed by atoms with E-state index in [2.05, 4.69) is 99.3 Å². The zero-order valence-electron chi connectivity index (χ0n) is 19.3. The number of aryl methyl sites for hydroxylation is 4. The van der Waals surface area contributed by atoms with Gasteiger partial charge in [-0.25, -0.2) is 4.57 Å². The Bertz CT molecular complexity index is 1660. The van der Waals surface area contributed by atoms with Crippen molar-refractivity contribution in [2.75, 3.05) is 0 Å². The molecule has 0 aliphatic heterocycles. The van der Waals surface area contributed by atoms with Crippen LogP contribution in [0.25, 0.3) is 49.0 Å². The zero-order chi connectivity index (χ0) is 21.6. The highest BCUT2D eigenvalue weighted by Gasteiger charge is 2.25. The number of benzene rings is 3. The molecule has 3 aromatic heterocycles. The van der Waals surface area contributed by atoms with Crippen LogP contribution in [0, 0.1) is 26.7 Å². The smallest absolute Gasteiger partial charge is 0.224 e. The molecule has 0 bridgehead atoms. The molecule has 0 fully saturated rings. The predicted molar refractivity (Wildman–Crippen MR) is 133 cm³/mol. The quantitative estimate of drug-likeness (QED) is 0.168. The second-order valence-electron chi connectivity index (χ2n) is 9.90. The first kappa shape index (κ1) is 18.6. The van der Waals surface area contributed by atoms with E-state index in [-0.39, 0.29) is 0 Å². The van der Waals surface area contributed by atoms with E-state index in [4.69, 9.17) is 0 Å². The molecule has 0 spiro atoms. The fraction of sp³-hybridized carbons (Fsp3) is 0.276. The van der Waals surface area contributed by atoms with E-state index in [9.17, 15) is 0 Å². The molecule has 0 atom stereocenters. The van der Waals surface area contributed by atoms with Gasteiger partial charge in [-0.2, -0.15) is 0 Å². The summed E-state index contributed by atoms with van der Waals surface area (Å²) < 4.78 is 4.88. The Kier molecular flexibility index (Phi) is 3.72. The van der Waals surface area contributed by atoms with E-state index in [1.807, 2.05) is 0 Å². The number of fused-ring (bicyclic) bond motifs is 5. The van der Waals surface area contributed by atoms with Crippen LogP contribution < -0.4 is 4.57 Å². The van der Waals surface area contributed by atoms with Crippen molar-refractivity contribution in [1.29, 1.82) is 0 Å². The van der Waals surface area contributed by atoms with Crippen molar-refractivity contribution < 1.29 is 4.57 Å². The van der Waals surface area contributed by atoms with Gasteiger partial charge in [0.2, 0.25) is 5.52 Å². The second kappa shape index (κ2) is 6.20. The van der Waals surface area contributed by atoms with Crippen LogP contribution in [0.1, 0.15) is 36.1 Å². The molecule has 6 rings (SSSR count). The van der Waals surface area contributed by atoms with Crippen molar-refractivity contribution in [3.8, 4) is 0 Å². The molecule has 3 heterocycles. The highest BCUT2D eigenvalue weighted by atomic mass is 15.0. The number of hydrogen-bond acceptors (Lipinski definition) is 0. The van der Waals surface area contributed by atoms with Crippen molar-refractivity contribution in [1.82, 2.24) is 4.40 Å². The van der Waals surface area contributed by atoms with Crippen LogP contribution >= 0.6 is 0 Å². The van der Waals surface area contributed by atoms with Crippen molar-refractivity contribution in [3.05, 3.63) is 70.9 Å². The molecular formula is C29H29N2+. The van der Waals surface area contributed by atoms with Gasteiger partial charge in [0.1, 0.15) is 7.05 Å². The molecule has 0 N–H and O–H groups in total. The zero-order valence-corrected chi connectivity index (χ0v) is 19.3. The number of nitrogens with zero attached hydrogens (tertiary/aromatic N) is 2. The molecule has 0 unspecified atom stereocenters. The van der Waals surface area contributed by atoms with Gasteiger partial charge in [-0.15, -0.1) is 0 Å². The molecule has 0 amide bonds. The van der Waals surface area contributed by atoms with Crippen molar-refractivity contribution in [2.45, 2.75) is 41.0 Å². The van der Waals surface area contributed by atoms with Crippen molar-refractivity contribution in [2.24, 2.45) is 13.0 Å². The van der Waals surface area contributed by atoms with Crippen LogP contribution in [0.5, 0.6) is 0 Å². The Hall–Kier alpha value is -3.13. The van der Waals surface area contributed by atoms with E-state index < -0.39 is 0 Å². The number of aromatic nitrogens is 2. The van der Waals surface area contributed by atoms with Gasteiger partial charge in [0.25, 0.3) is 0 Å². The monoisotopic (exact) mass is 405 g/mol. The Morgan fingerprint density at radius 2 is 1.68 bits per heavy atom. The molecule has 0 aliphatic carbocycles. The maximum absolute atomic E-state index is 2.55. The van der Waals surface area contributed by atoms with E-state index in [1.54, 1.807) is 0 Å². The summed E-state index contributed by atoms with van der Waals surface area (Å²) in [5, 5.41) is 6.82. The third-order valence-electron chi connectivity index (χ3n) is 7.12. The SMILES string of the molecule is Cc1ccc2c3cc(C)c(C)c4c3n(c2c1)c1cc(CC(C)C)cc2cc[n+](C)c4c21. The summed E-state index contributed by atoms with van der Waals surface area (Å²) in [6, 6.07) is 16.5. The summed E-state index contributed by atoms with van der Waals surface area (Å²) in [6.07, 6.45) is 3.33. The number of pyridine rings is 2. The molecular weight excluding hydrogens is 376 g/mol. The summed E-state index contributed by atoms with van der Waals surface area (Å²) in [7, 11) is 2.19. The van der Waals surface area contributed by atoms with E-state index in [0.717, 1.165) is 6.42 Å². The summed E-state index contributed by atoms with van der Waals surface area (Å²) in [5.74, 6) is 0.633. The Labute approximate surface area is 183 Å². The van der Waals surface area contributed by atoms with Gasteiger partial charge >= 0.3 is 0 Å². The first-order chi connectivity index (χ1) is 14.8. The van der Waals surface area contributed by atoms with E-state index in [0.29, 0.717) is 5.92 Å². The molecule has 31 heavy (non-hydrogen) atoms. The molecule has 0 aliphatic rings. The lowest BCUT2D eigenvalue weighted by molar-refractivity contribution is -0.643. The minimum atomic E-state index is 0.633. The van der Waals surface area contributed by atoms with Gasteiger partial charge in [-0.3, -0.25) is 0 Å². The summed E-state index contributed by atoms with van der Waals surface area (Å²) in [5.41, 5.74) is 10.8. The Morgan fingerprint density at radius 1 is 0.871 bits per heavy atom. The summed E-state index contributed by atoms with van der Waals surface area (Å²) in [6.45, 7) is 11.3. The molecule has 0 saturated heterocycles. The van der Waals surface area contributed by atoms with Crippen LogP contribution in [0.3, 0.4) is 0 Å². The summed E-state index contributed by atoms with van der Waals surface area (Å²) in [4.78, 5) is 0. The number of hydrogen-bond donors (Lipinski definition) is 0. The lowest BCUT2D eigenvalue weighted by Crippen LogP contribution is -2.29. The summed E-state index contributed by atoms with van der Waals surface area (Å²) >= 11 is 0. The lowest BCUT2D eigenvalue weighted by Gasteiger charge is -2.16. The van der Waals surface area contributed by atoms with Crippen LogP contribution in [-0.2, 0) is 13.5 Å². The fourth-order valence-corrected chi connectivity index (χ4v) is 5.66. The molecule has 6 aromatic rings. The predicted octanol–water partition coefficient (Wildman–Crippen LogP) is 6.94. The lowest BCUT2D eigenvalue weighted by atomic mass is 9.94. The molecule has 0 saturated carbocycles. The molecule has 3 aromatic carbocycles. The Morgan fingerprint density at radius 3 is 2.45 bits per heavy atom. The third kappa shape index (κ3) is 2.42. The van der Waals surface area contributed by atoms with Gasteiger partial charge in [-0.05, 0) is 78.9 Å². The van der Waals surface area contributed by atoms with E-state index >= 15 is 0 Å². The maximum atomic E-state index is 2.55. The van der Waals surface area contributed by atoms with E-state index in [1.165, 1.54) is 71.3 Å². The van der Waals surface area contributed by atoms with Crippen molar-refractivity contribution in [3.63, 3.8) is 0 Å². The molecule has 2 heteroatoms. The molecule has 154 valence electrons. The highest BCUT2D eigenvalue weighted by molar-refractivity contribution is 6.26. The second-order valence-corrected chi connectivity index (χ2v) is 9.90. The standard InChI is InChI=1S/C29H29N2/c1-16(2)11-20-14-21-9-10-30(6)29-26-19(5)18(4)13-23-22-8-7-17(3)12-24(22)31(28(23)26)25(15-20)27(21)29/h7-10,12-16H,11H2,1-6H3/q+1. The Balaban J connectivity index is 2.02. The highest BCUT2D eigenvalue weighted by Crippen LogP contribution is 2.42. The normalized spacial score (nSPS) is 12.6. The average molecular weight is 406 g/mol. The van der Waals surface area contributed by atoms with Gasteiger partial charge in [0.15, 0.2) is 6.20 Å². The van der Waals surface area contributed by atoms with Gasteiger partial charge in [0.05, 0.1) is 27.3 Å². The minimum absolute atomic E-state index is 0.633. The van der Waals surface area contributed by atoms with Crippen LogP contribution in [0.15, 0.2) is 48.7 Å². The first-order valence-corrected chi connectivity index (χ1v) is 11.4. The van der Waals surface area contributed by atoms with Gasteiger partial charge in [-0.1, -0.05) is 32.0 Å².